The van der Waals surface area contributed by atoms with Crippen LogP contribution >= 0.6 is 11.3 Å². The lowest BCUT2D eigenvalue weighted by molar-refractivity contribution is 0.0855. The molecule has 3 aromatic heterocycles. The molecule has 27 heavy (non-hydrogen) atoms. The van der Waals surface area contributed by atoms with E-state index in [2.05, 4.69) is 27.2 Å². The molecule has 0 unspecified atom stereocenters. The van der Waals surface area contributed by atoms with E-state index in [9.17, 15) is 0 Å². The van der Waals surface area contributed by atoms with Gasteiger partial charge in [0.15, 0.2) is 5.13 Å². The summed E-state index contributed by atoms with van der Waals surface area (Å²) in [4.78, 5) is 17.0. The van der Waals surface area contributed by atoms with Crippen LogP contribution < -0.4 is 10.2 Å². The first-order valence-electron chi connectivity index (χ1n) is 9.12. The van der Waals surface area contributed by atoms with Crippen LogP contribution in [0.3, 0.4) is 0 Å². The smallest absolute Gasteiger partial charge is 0.185 e. The first-order valence-corrected chi connectivity index (χ1v) is 9.94. The van der Waals surface area contributed by atoms with E-state index in [0.29, 0.717) is 6.04 Å². The summed E-state index contributed by atoms with van der Waals surface area (Å²) < 4.78 is 5.46. The summed E-state index contributed by atoms with van der Waals surface area (Å²) in [5, 5.41) is 4.30. The van der Waals surface area contributed by atoms with Crippen molar-refractivity contribution in [2.75, 3.05) is 30.5 Å². The van der Waals surface area contributed by atoms with E-state index in [1.54, 1.807) is 17.5 Å². The Morgan fingerprint density at radius 3 is 2.81 bits per heavy atom. The minimum absolute atomic E-state index is 0.492. The Kier molecular flexibility index (Phi) is 5.31. The van der Waals surface area contributed by atoms with Crippen LogP contribution in [0.25, 0.3) is 10.6 Å². The first kappa shape index (κ1) is 17.9. The number of nitrogens with zero attached hydrogens (tertiary/aromatic N) is 4. The highest BCUT2D eigenvalue weighted by Crippen LogP contribution is 2.32. The maximum atomic E-state index is 5.46. The number of hydrogen-bond donors (Lipinski definition) is 1. The van der Waals surface area contributed by atoms with Crippen LogP contribution in [0, 0.1) is 6.92 Å². The van der Waals surface area contributed by atoms with Crippen molar-refractivity contribution in [3.63, 3.8) is 0 Å². The summed E-state index contributed by atoms with van der Waals surface area (Å²) >= 11 is 1.67. The van der Waals surface area contributed by atoms with E-state index in [4.69, 9.17) is 9.72 Å². The highest BCUT2D eigenvalue weighted by Gasteiger charge is 2.21. The van der Waals surface area contributed by atoms with Crippen molar-refractivity contribution in [3.05, 3.63) is 48.3 Å². The van der Waals surface area contributed by atoms with Crippen molar-refractivity contribution in [1.29, 1.82) is 0 Å². The fourth-order valence-electron chi connectivity index (χ4n) is 3.15. The number of ether oxygens (including phenoxy) is 1. The van der Waals surface area contributed by atoms with E-state index in [0.717, 1.165) is 59.0 Å². The molecular weight excluding hydrogens is 358 g/mol. The summed E-state index contributed by atoms with van der Waals surface area (Å²) in [6.45, 7) is 3.70. The number of rotatable bonds is 5. The molecule has 1 aliphatic rings. The summed E-state index contributed by atoms with van der Waals surface area (Å²) in [6, 6.07) is 10.4. The molecule has 0 aliphatic carbocycles. The number of aromatic nitrogens is 3. The zero-order valence-electron chi connectivity index (χ0n) is 15.6. The van der Waals surface area contributed by atoms with E-state index >= 15 is 0 Å². The molecule has 1 fully saturated rings. The topological polar surface area (TPSA) is 63.2 Å². The molecule has 3 aromatic rings. The molecule has 1 N–H and O–H groups in total. The summed E-state index contributed by atoms with van der Waals surface area (Å²) in [7, 11) is 2.12. The Hall–Kier alpha value is -2.51. The summed E-state index contributed by atoms with van der Waals surface area (Å²) in [6.07, 6.45) is 5.80. The van der Waals surface area contributed by atoms with E-state index in [1.165, 1.54) is 0 Å². The molecule has 0 saturated carbocycles. The fourth-order valence-corrected chi connectivity index (χ4v) is 4.07. The van der Waals surface area contributed by atoms with Crippen LogP contribution in [0.2, 0.25) is 0 Å². The SMILES string of the molecule is Cc1ccnc(Nc2cccc(-c3cnc(N(C)C4CCOCC4)s3)n2)c1. The number of anilines is 3. The number of aryl methyl sites for hydroxylation is 1. The van der Waals surface area contributed by atoms with Gasteiger partial charge in [-0.15, -0.1) is 0 Å². The van der Waals surface area contributed by atoms with Crippen LogP contribution in [0.4, 0.5) is 16.8 Å². The van der Waals surface area contributed by atoms with Crippen molar-refractivity contribution in [2.45, 2.75) is 25.8 Å². The predicted molar refractivity (Wildman–Crippen MR) is 110 cm³/mol. The Labute approximate surface area is 163 Å². The van der Waals surface area contributed by atoms with Crippen LogP contribution in [0.1, 0.15) is 18.4 Å². The lowest BCUT2D eigenvalue weighted by Crippen LogP contribution is -2.36. The Balaban J connectivity index is 1.51. The van der Waals surface area contributed by atoms with Gasteiger partial charge in [0.25, 0.3) is 0 Å². The standard InChI is InChI=1S/C20H23N5OS/c1-14-6-9-21-19(12-14)24-18-5-3-4-16(23-18)17-13-22-20(27-17)25(2)15-7-10-26-11-8-15/h3-6,9,12-13,15H,7-8,10-11H2,1-2H3,(H,21,23,24). The van der Waals surface area contributed by atoms with Crippen molar-refractivity contribution in [1.82, 2.24) is 15.0 Å². The highest BCUT2D eigenvalue weighted by molar-refractivity contribution is 7.18. The number of thiazole rings is 1. The molecule has 4 rings (SSSR count). The normalized spacial score (nSPS) is 14.9. The minimum atomic E-state index is 0.492. The largest absolute Gasteiger partial charge is 0.381 e. The summed E-state index contributed by atoms with van der Waals surface area (Å²) in [5.41, 5.74) is 2.07. The van der Waals surface area contributed by atoms with Gasteiger partial charge >= 0.3 is 0 Å². The van der Waals surface area contributed by atoms with E-state index in [-0.39, 0.29) is 0 Å². The third kappa shape index (κ3) is 4.26. The van der Waals surface area contributed by atoms with Gasteiger partial charge in [0.2, 0.25) is 0 Å². The van der Waals surface area contributed by atoms with Crippen molar-refractivity contribution < 1.29 is 4.74 Å². The van der Waals surface area contributed by atoms with Crippen LogP contribution in [-0.2, 0) is 4.74 Å². The van der Waals surface area contributed by atoms with Gasteiger partial charge < -0.3 is 15.0 Å². The predicted octanol–water partition coefficient (Wildman–Crippen LogP) is 4.27. The number of hydrogen-bond acceptors (Lipinski definition) is 7. The molecule has 0 atom stereocenters. The van der Waals surface area contributed by atoms with Gasteiger partial charge in [0.1, 0.15) is 11.6 Å². The molecule has 0 amide bonds. The molecule has 0 bridgehead atoms. The zero-order valence-corrected chi connectivity index (χ0v) is 16.4. The monoisotopic (exact) mass is 381 g/mol. The van der Waals surface area contributed by atoms with Crippen LogP contribution in [0.5, 0.6) is 0 Å². The van der Waals surface area contributed by atoms with E-state index < -0.39 is 0 Å². The Morgan fingerprint density at radius 2 is 2.00 bits per heavy atom. The number of pyridine rings is 2. The molecule has 6 nitrogen and oxygen atoms in total. The molecule has 1 saturated heterocycles. The maximum Gasteiger partial charge on any atom is 0.185 e. The fraction of sp³-hybridized carbons (Fsp3) is 0.350. The third-order valence-electron chi connectivity index (χ3n) is 4.71. The lowest BCUT2D eigenvalue weighted by atomic mass is 10.1. The van der Waals surface area contributed by atoms with Gasteiger partial charge in [-0.3, -0.25) is 0 Å². The minimum Gasteiger partial charge on any atom is -0.381 e. The molecule has 140 valence electrons. The average molecular weight is 382 g/mol. The lowest BCUT2D eigenvalue weighted by Gasteiger charge is -2.30. The van der Waals surface area contributed by atoms with Crippen LogP contribution in [-0.4, -0.2) is 41.3 Å². The van der Waals surface area contributed by atoms with Crippen LogP contribution in [0.15, 0.2) is 42.7 Å². The van der Waals surface area contributed by atoms with Gasteiger partial charge in [0, 0.05) is 38.7 Å². The van der Waals surface area contributed by atoms with Crippen molar-refractivity contribution >= 4 is 28.1 Å². The third-order valence-corrected chi connectivity index (χ3v) is 5.82. The summed E-state index contributed by atoms with van der Waals surface area (Å²) in [5.74, 6) is 1.57. The van der Waals surface area contributed by atoms with Gasteiger partial charge in [-0.1, -0.05) is 17.4 Å². The molecular formula is C20H23N5OS. The number of nitrogens with one attached hydrogen (secondary N) is 1. The molecule has 7 heteroatoms. The maximum absolute atomic E-state index is 5.46. The van der Waals surface area contributed by atoms with Gasteiger partial charge in [-0.25, -0.2) is 15.0 Å². The second-order valence-electron chi connectivity index (χ2n) is 6.71. The van der Waals surface area contributed by atoms with Gasteiger partial charge in [0.05, 0.1) is 10.6 Å². The molecule has 0 aromatic carbocycles. The first-order chi connectivity index (χ1) is 13.2. The van der Waals surface area contributed by atoms with E-state index in [1.807, 2.05) is 43.5 Å². The highest BCUT2D eigenvalue weighted by atomic mass is 32.1. The molecule has 4 heterocycles. The average Bonchev–Trinajstić information content (AvgIpc) is 3.19. The Morgan fingerprint density at radius 1 is 1.15 bits per heavy atom. The molecule has 0 radical (unpaired) electrons. The second-order valence-corrected chi connectivity index (χ2v) is 7.72. The molecule has 1 aliphatic heterocycles. The van der Waals surface area contributed by atoms with Crippen molar-refractivity contribution in [2.24, 2.45) is 0 Å². The Bertz CT molecular complexity index is 907. The van der Waals surface area contributed by atoms with Gasteiger partial charge in [-0.05, 0) is 49.6 Å². The van der Waals surface area contributed by atoms with Crippen molar-refractivity contribution in [3.8, 4) is 10.6 Å². The quantitative estimate of drug-likeness (QED) is 0.712. The van der Waals surface area contributed by atoms with Gasteiger partial charge in [-0.2, -0.15) is 0 Å². The zero-order chi connectivity index (χ0) is 18.6. The second kappa shape index (κ2) is 8.02. The molecule has 0 spiro atoms.